The SMILES string of the molecule is C=COS(=O)(=O)O.c1c[nH]cn1. The van der Waals surface area contributed by atoms with Gasteiger partial charge in [0.15, 0.2) is 0 Å². The third-order valence-electron chi connectivity index (χ3n) is 0.596. The first kappa shape index (κ1) is 10.7. The van der Waals surface area contributed by atoms with Crippen LogP contribution in [0.15, 0.2) is 31.6 Å². The van der Waals surface area contributed by atoms with Crippen molar-refractivity contribution < 1.29 is 17.2 Å². The molecular formula is C5H8N2O4S. The van der Waals surface area contributed by atoms with Crippen molar-refractivity contribution >= 4 is 10.4 Å². The van der Waals surface area contributed by atoms with Gasteiger partial charge in [0, 0.05) is 12.4 Å². The van der Waals surface area contributed by atoms with Crippen molar-refractivity contribution in [3.8, 4) is 0 Å². The molecule has 0 amide bonds. The molecule has 12 heavy (non-hydrogen) atoms. The average molecular weight is 192 g/mol. The molecule has 0 spiro atoms. The third-order valence-corrected chi connectivity index (χ3v) is 0.975. The fourth-order valence-corrected chi connectivity index (χ4v) is 0.473. The molecule has 0 fully saturated rings. The second kappa shape index (κ2) is 5.33. The van der Waals surface area contributed by atoms with Gasteiger partial charge in [-0.15, -0.1) is 0 Å². The molecule has 2 N–H and O–H groups in total. The Bertz CT molecular complexity index is 274. The molecule has 1 aromatic heterocycles. The second-order valence-electron chi connectivity index (χ2n) is 1.45. The minimum atomic E-state index is -4.29. The van der Waals surface area contributed by atoms with E-state index in [0.717, 1.165) is 0 Å². The number of imidazole rings is 1. The van der Waals surface area contributed by atoms with Crippen molar-refractivity contribution in [2.24, 2.45) is 0 Å². The molecule has 0 aliphatic heterocycles. The number of hydrogen-bond donors (Lipinski definition) is 2. The van der Waals surface area contributed by atoms with Crippen molar-refractivity contribution in [1.82, 2.24) is 9.97 Å². The predicted octanol–water partition coefficient (Wildman–Crippen LogP) is 0.359. The lowest BCUT2D eigenvalue weighted by atomic mass is 11.0. The number of hydrogen-bond acceptors (Lipinski definition) is 4. The number of nitrogens with zero attached hydrogens (tertiary/aromatic N) is 1. The molecule has 0 aliphatic rings. The van der Waals surface area contributed by atoms with E-state index in [0.29, 0.717) is 6.26 Å². The molecule has 1 aromatic rings. The molecule has 0 atom stereocenters. The van der Waals surface area contributed by atoms with Gasteiger partial charge in [0.2, 0.25) is 0 Å². The minimum Gasteiger partial charge on any atom is -0.370 e. The third kappa shape index (κ3) is 8.66. The summed E-state index contributed by atoms with van der Waals surface area (Å²) in [6, 6.07) is 0. The monoisotopic (exact) mass is 192 g/mol. The maximum atomic E-state index is 9.49. The van der Waals surface area contributed by atoms with Crippen LogP contribution in [0, 0.1) is 0 Å². The van der Waals surface area contributed by atoms with E-state index in [1.165, 1.54) is 0 Å². The lowest BCUT2D eigenvalue weighted by Gasteiger charge is -1.86. The Morgan fingerprint density at radius 1 is 1.67 bits per heavy atom. The quantitative estimate of drug-likeness (QED) is 0.521. The highest BCUT2D eigenvalue weighted by atomic mass is 32.3. The van der Waals surface area contributed by atoms with Gasteiger partial charge in [0.1, 0.15) is 6.26 Å². The van der Waals surface area contributed by atoms with Crippen LogP contribution in [0.25, 0.3) is 0 Å². The van der Waals surface area contributed by atoms with Crippen LogP contribution in [-0.2, 0) is 14.6 Å². The van der Waals surface area contributed by atoms with E-state index in [1.807, 2.05) is 0 Å². The van der Waals surface area contributed by atoms with Gasteiger partial charge in [0.25, 0.3) is 0 Å². The zero-order valence-corrected chi connectivity index (χ0v) is 6.86. The lowest BCUT2D eigenvalue weighted by molar-refractivity contribution is 0.357. The molecule has 0 aromatic carbocycles. The highest BCUT2D eigenvalue weighted by molar-refractivity contribution is 7.81. The molecule has 0 saturated carbocycles. The van der Waals surface area contributed by atoms with Gasteiger partial charge in [-0.1, -0.05) is 6.58 Å². The largest absolute Gasteiger partial charge is 0.445 e. The fraction of sp³-hybridized carbons (Fsp3) is 0. The summed E-state index contributed by atoms with van der Waals surface area (Å²) < 4.78 is 30.2. The van der Waals surface area contributed by atoms with Crippen LogP contribution in [0.5, 0.6) is 0 Å². The molecule has 68 valence electrons. The maximum absolute atomic E-state index is 9.49. The van der Waals surface area contributed by atoms with E-state index < -0.39 is 10.4 Å². The predicted molar refractivity (Wildman–Crippen MR) is 41.4 cm³/mol. The average Bonchev–Trinajstić information content (AvgIpc) is 2.38. The van der Waals surface area contributed by atoms with Crippen LogP contribution in [0.3, 0.4) is 0 Å². The van der Waals surface area contributed by atoms with Crippen LogP contribution in [0.4, 0.5) is 0 Å². The van der Waals surface area contributed by atoms with Gasteiger partial charge in [-0.3, -0.25) is 4.55 Å². The van der Waals surface area contributed by atoms with Crippen molar-refractivity contribution in [1.29, 1.82) is 0 Å². The van der Waals surface area contributed by atoms with E-state index in [9.17, 15) is 8.42 Å². The van der Waals surface area contributed by atoms with Gasteiger partial charge in [-0.05, 0) is 0 Å². The molecule has 0 bridgehead atoms. The number of aromatic amines is 1. The zero-order chi connectivity index (χ0) is 9.45. The number of rotatable bonds is 2. The molecule has 0 saturated heterocycles. The van der Waals surface area contributed by atoms with Crippen molar-refractivity contribution in [3.63, 3.8) is 0 Å². The van der Waals surface area contributed by atoms with Gasteiger partial charge in [-0.2, -0.15) is 8.42 Å². The minimum absolute atomic E-state index is 0.620. The smallest absolute Gasteiger partial charge is 0.370 e. The Morgan fingerprint density at radius 3 is 2.42 bits per heavy atom. The van der Waals surface area contributed by atoms with Gasteiger partial charge < -0.3 is 9.17 Å². The van der Waals surface area contributed by atoms with Gasteiger partial charge >= 0.3 is 10.4 Å². The van der Waals surface area contributed by atoms with E-state index in [2.05, 4.69) is 20.7 Å². The van der Waals surface area contributed by atoms with Crippen LogP contribution in [-0.4, -0.2) is 22.9 Å². The van der Waals surface area contributed by atoms with Crippen LogP contribution in [0.1, 0.15) is 0 Å². The molecule has 0 unspecified atom stereocenters. The molecule has 0 aliphatic carbocycles. The summed E-state index contributed by atoms with van der Waals surface area (Å²) in [6.07, 6.45) is 5.70. The van der Waals surface area contributed by atoms with E-state index in [1.54, 1.807) is 18.7 Å². The molecule has 1 rings (SSSR count). The number of nitrogens with one attached hydrogen (secondary N) is 1. The standard InChI is InChI=1S/C3H4N2.C2H4O4S/c1-2-5-3-4-1;1-2-6-7(3,4)5/h1-3H,(H,4,5);2H,1H2,(H,3,4,5). The Hall–Kier alpha value is -1.34. The summed E-state index contributed by atoms with van der Waals surface area (Å²) in [5, 5.41) is 0. The summed E-state index contributed by atoms with van der Waals surface area (Å²) in [4.78, 5) is 6.42. The number of H-pyrrole nitrogens is 1. The van der Waals surface area contributed by atoms with Crippen LogP contribution in [0.2, 0.25) is 0 Å². The normalized spacial score (nSPS) is 9.42. The zero-order valence-electron chi connectivity index (χ0n) is 6.04. The first-order valence-corrected chi connectivity index (χ1v) is 4.12. The van der Waals surface area contributed by atoms with E-state index in [4.69, 9.17) is 4.55 Å². The molecule has 1 heterocycles. The molecule has 6 nitrogen and oxygen atoms in total. The highest BCUT2D eigenvalue weighted by Gasteiger charge is 1.96. The summed E-state index contributed by atoms with van der Waals surface area (Å²) in [6.45, 7) is 2.88. The second-order valence-corrected chi connectivity index (χ2v) is 2.50. The van der Waals surface area contributed by atoms with Crippen molar-refractivity contribution in [3.05, 3.63) is 31.6 Å². The van der Waals surface area contributed by atoms with Gasteiger partial charge in [0.05, 0.1) is 6.33 Å². The summed E-state index contributed by atoms with van der Waals surface area (Å²) in [5.41, 5.74) is 0. The lowest BCUT2D eigenvalue weighted by Crippen LogP contribution is -1.96. The Morgan fingerprint density at radius 2 is 2.33 bits per heavy atom. The van der Waals surface area contributed by atoms with Crippen molar-refractivity contribution in [2.75, 3.05) is 0 Å². The highest BCUT2D eigenvalue weighted by Crippen LogP contribution is 1.82. The van der Waals surface area contributed by atoms with Crippen LogP contribution < -0.4 is 0 Å². The molecule has 0 radical (unpaired) electrons. The molecular weight excluding hydrogens is 184 g/mol. The summed E-state index contributed by atoms with van der Waals surface area (Å²) >= 11 is 0. The molecule has 7 heteroatoms. The number of aromatic nitrogens is 2. The fourth-order valence-electron chi connectivity index (χ4n) is 0.301. The Balaban J connectivity index is 0.000000211. The Labute approximate surface area is 69.9 Å². The maximum Gasteiger partial charge on any atom is 0.445 e. The first-order valence-electron chi connectivity index (χ1n) is 2.75. The van der Waals surface area contributed by atoms with E-state index in [-0.39, 0.29) is 0 Å². The van der Waals surface area contributed by atoms with Crippen LogP contribution >= 0.6 is 0 Å². The Kier molecular flexibility index (Phi) is 4.73. The summed E-state index contributed by atoms with van der Waals surface area (Å²) in [5.74, 6) is 0. The van der Waals surface area contributed by atoms with E-state index >= 15 is 0 Å². The van der Waals surface area contributed by atoms with Gasteiger partial charge in [-0.25, -0.2) is 4.98 Å². The van der Waals surface area contributed by atoms with Crippen molar-refractivity contribution in [2.45, 2.75) is 0 Å². The first-order chi connectivity index (χ1) is 5.56. The summed E-state index contributed by atoms with van der Waals surface area (Å²) in [7, 11) is -4.29. The topological polar surface area (TPSA) is 92.3 Å².